The normalized spacial score (nSPS) is 11.9. The average Bonchev–Trinajstić information content (AvgIpc) is 3.05. The summed E-state index contributed by atoms with van der Waals surface area (Å²) in [6, 6.07) is 6.31. The highest BCUT2D eigenvalue weighted by Gasteiger charge is 2.26. The van der Waals surface area contributed by atoms with Crippen LogP contribution in [0.2, 0.25) is 0 Å². The minimum atomic E-state index is -0.614. The smallest absolute Gasteiger partial charge is 0.286 e. The minimum Gasteiger partial charge on any atom is -0.493 e. The highest BCUT2D eigenvalue weighted by molar-refractivity contribution is 5.99. The van der Waals surface area contributed by atoms with E-state index in [0.717, 1.165) is 5.69 Å². The number of methoxy groups -OCH3 is 2. The zero-order valence-electron chi connectivity index (χ0n) is 16.1. The number of hydrogen-bond acceptors (Lipinski definition) is 6. The van der Waals surface area contributed by atoms with E-state index in [4.69, 9.17) is 9.47 Å². The number of nitro groups is 1. The topological polar surface area (TPSA) is 98.9 Å². The largest absolute Gasteiger partial charge is 0.493 e. The summed E-state index contributed by atoms with van der Waals surface area (Å²) in [6.45, 7) is 0.287. The molecule has 9 nitrogen and oxygen atoms in total. The molecule has 0 aliphatic heterocycles. The average molecular weight is 376 g/mol. The molecule has 0 aliphatic carbocycles. The number of aromatic nitrogens is 1. The molecule has 1 aromatic carbocycles. The van der Waals surface area contributed by atoms with Gasteiger partial charge in [-0.15, -0.1) is 0 Å². The van der Waals surface area contributed by atoms with Crippen LogP contribution in [0.4, 0.5) is 5.69 Å². The highest BCUT2D eigenvalue weighted by atomic mass is 16.6. The molecule has 0 aliphatic rings. The van der Waals surface area contributed by atoms with Gasteiger partial charge in [0.25, 0.3) is 11.6 Å². The highest BCUT2D eigenvalue weighted by Crippen LogP contribution is 2.34. The van der Waals surface area contributed by atoms with Gasteiger partial charge in [-0.3, -0.25) is 19.8 Å². The van der Waals surface area contributed by atoms with Gasteiger partial charge in [0.15, 0.2) is 11.5 Å². The van der Waals surface area contributed by atoms with Crippen molar-refractivity contribution in [1.29, 1.82) is 0 Å². The number of ether oxygens (including phenoxy) is 2. The zero-order chi connectivity index (χ0) is 20.1. The Morgan fingerprint density at radius 3 is 2.41 bits per heavy atom. The van der Waals surface area contributed by atoms with E-state index >= 15 is 0 Å². The lowest BCUT2D eigenvalue weighted by atomic mass is 10.1. The molecule has 0 spiro atoms. The minimum absolute atomic E-state index is 0.0814. The fourth-order valence-electron chi connectivity index (χ4n) is 2.86. The van der Waals surface area contributed by atoms with Crippen LogP contribution in [0, 0.1) is 10.1 Å². The number of nitrogens with zero attached hydrogens (tertiary/aromatic N) is 3. The Morgan fingerprint density at radius 2 is 1.93 bits per heavy atom. The summed E-state index contributed by atoms with van der Waals surface area (Å²) in [5.74, 6) is -0.112. The first-order valence-electron chi connectivity index (χ1n) is 8.26. The molecule has 9 heteroatoms. The second kappa shape index (κ2) is 8.54. The number of nitro benzene ring substituents is 1. The zero-order valence-corrected chi connectivity index (χ0v) is 16.1. The Kier molecular flexibility index (Phi) is 6.40. The lowest BCUT2D eigenvalue weighted by Gasteiger charge is -2.25. The maximum Gasteiger partial charge on any atom is 0.286 e. The van der Waals surface area contributed by atoms with Gasteiger partial charge in [-0.25, -0.2) is 0 Å². The second-order valence-electron chi connectivity index (χ2n) is 6.21. The predicted molar refractivity (Wildman–Crippen MR) is 100 cm³/mol. The van der Waals surface area contributed by atoms with Crippen LogP contribution in [0.1, 0.15) is 22.1 Å². The van der Waals surface area contributed by atoms with Crippen LogP contribution in [0.5, 0.6) is 11.5 Å². The van der Waals surface area contributed by atoms with Gasteiger partial charge in [0.2, 0.25) is 0 Å². The van der Waals surface area contributed by atoms with Crippen LogP contribution in [0.15, 0.2) is 30.5 Å². The Labute approximate surface area is 157 Å². The molecule has 1 N–H and O–H groups in total. The van der Waals surface area contributed by atoms with E-state index < -0.39 is 10.8 Å². The standard InChI is InChI=1S/C18H24N4O5/c1-20(2)15(13-7-6-8-21(13)3)11-19-18(23)12-9-16(26-4)17(27-5)10-14(12)22(24)25/h6-10,15H,11H2,1-5H3,(H,19,23). The quantitative estimate of drug-likeness (QED) is 0.559. The summed E-state index contributed by atoms with van der Waals surface area (Å²) in [5, 5.41) is 14.2. The molecule has 27 heavy (non-hydrogen) atoms. The fourth-order valence-corrected chi connectivity index (χ4v) is 2.86. The summed E-state index contributed by atoms with van der Waals surface area (Å²) in [5.41, 5.74) is 0.592. The van der Waals surface area contributed by atoms with E-state index in [1.54, 1.807) is 0 Å². The van der Waals surface area contributed by atoms with Crippen LogP contribution >= 0.6 is 0 Å². The van der Waals surface area contributed by atoms with Crippen molar-refractivity contribution in [3.63, 3.8) is 0 Å². The van der Waals surface area contributed by atoms with Gasteiger partial charge in [0.05, 0.1) is 31.3 Å². The molecule has 0 saturated carbocycles. The van der Waals surface area contributed by atoms with Crippen molar-refractivity contribution in [3.8, 4) is 11.5 Å². The van der Waals surface area contributed by atoms with Crippen molar-refractivity contribution in [1.82, 2.24) is 14.8 Å². The first-order chi connectivity index (χ1) is 12.8. The molecule has 1 atom stereocenters. The van der Waals surface area contributed by atoms with Crippen LogP contribution in [0.3, 0.4) is 0 Å². The van der Waals surface area contributed by atoms with E-state index in [0.29, 0.717) is 0 Å². The lowest BCUT2D eigenvalue weighted by Crippen LogP contribution is -2.35. The molecule has 0 radical (unpaired) electrons. The molecule has 146 valence electrons. The first-order valence-corrected chi connectivity index (χ1v) is 8.26. The summed E-state index contributed by atoms with van der Waals surface area (Å²) >= 11 is 0. The summed E-state index contributed by atoms with van der Waals surface area (Å²) in [6.07, 6.45) is 1.92. The predicted octanol–water partition coefficient (Wildman–Crippen LogP) is 1.98. The third-order valence-electron chi connectivity index (χ3n) is 4.35. The molecule has 0 bridgehead atoms. The number of hydrogen-bond donors (Lipinski definition) is 1. The third-order valence-corrected chi connectivity index (χ3v) is 4.35. The van der Waals surface area contributed by atoms with E-state index in [2.05, 4.69) is 5.32 Å². The number of likely N-dealkylation sites (N-methyl/N-ethyl adjacent to an activating group) is 1. The summed E-state index contributed by atoms with van der Waals surface area (Å²) < 4.78 is 12.2. The van der Waals surface area contributed by atoms with Crippen molar-refractivity contribution < 1.29 is 19.2 Å². The SMILES string of the molecule is COc1cc(C(=O)NCC(c2cccn2C)N(C)C)c([N+](=O)[O-])cc1OC. The Balaban J connectivity index is 2.29. The molecule has 0 saturated heterocycles. The molecule has 1 aromatic heterocycles. The maximum absolute atomic E-state index is 12.7. The number of benzene rings is 1. The van der Waals surface area contributed by atoms with Gasteiger partial charge < -0.3 is 19.4 Å². The van der Waals surface area contributed by atoms with E-state index in [-0.39, 0.29) is 35.3 Å². The van der Waals surface area contributed by atoms with Crippen molar-refractivity contribution in [2.24, 2.45) is 7.05 Å². The van der Waals surface area contributed by atoms with Gasteiger partial charge in [0, 0.05) is 31.5 Å². The van der Waals surface area contributed by atoms with Gasteiger partial charge in [0.1, 0.15) is 5.56 Å². The van der Waals surface area contributed by atoms with Crippen molar-refractivity contribution in [2.45, 2.75) is 6.04 Å². The fraction of sp³-hybridized carbons (Fsp3) is 0.389. The summed E-state index contributed by atoms with van der Waals surface area (Å²) in [7, 11) is 8.52. The number of nitrogens with one attached hydrogen (secondary N) is 1. The summed E-state index contributed by atoms with van der Waals surface area (Å²) in [4.78, 5) is 25.4. The molecular weight excluding hydrogens is 352 g/mol. The second-order valence-corrected chi connectivity index (χ2v) is 6.21. The van der Waals surface area contributed by atoms with Crippen LogP contribution in [-0.2, 0) is 7.05 Å². The Morgan fingerprint density at radius 1 is 1.30 bits per heavy atom. The number of rotatable bonds is 8. The molecule has 1 heterocycles. The molecule has 1 unspecified atom stereocenters. The Bertz CT molecular complexity index is 831. The van der Waals surface area contributed by atoms with Gasteiger partial charge >= 0.3 is 0 Å². The number of aryl methyl sites for hydroxylation is 1. The number of carbonyl (C=O) groups is 1. The van der Waals surface area contributed by atoms with Crippen LogP contribution in [-0.4, -0.2) is 55.2 Å². The van der Waals surface area contributed by atoms with Gasteiger partial charge in [-0.2, -0.15) is 0 Å². The number of carbonyl (C=O) groups excluding carboxylic acids is 1. The maximum atomic E-state index is 12.7. The molecule has 1 amide bonds. The van der Waals surface area contributed by atoms with E-state index in [1.165, 1.54) is 26.4 Å². The lowest BCUT2D eigenvalue weighted by molar-refractivity contribution is -0.385. The van der Waals surface area contributed by atoms with Crippen LogP contribution < -0.4 is 14.8 Å². The molecule has 2 rings (SSSR count). The van der Waals surface area contributed by atoms with Crippen molar-refractivity contribution >= 4 is 11.6 Å². The molecule has 2 aromatic rings. The Hall–Kier alpha value is -3.07. The van der Waals surface area contributed by atoms with Gasteiger partial charge in [-0.1, -0.05) is 0 Å². The molecule has 0 fully saturated rings. The van der Waals surface area contributed by atoms with Crippen LogP contribution in [0.25, 0.3) is 0 Å². The number of amides is 1. The monoisotopic (exact) mass is 376 g/mol. The third kappa shape index (κ3) is 4.37. The van der Waals surface area contributed by atoms with Crippen molar-refractivity contribution in [2.75, 3.05) is 34.9 Å². The first kappa shape index (κ1) is 20.2. The van der Waals surface area contributed by atoms with Gasteiger partial charge in [-0.05, 0) is 26.2 Å². The molecular formula is C18H24N4O5. The van der Waals surface area contributed by atoms with E-state index in [1.807, 2.05) is 48.9 Å². The van der Waals surface area contributed by atoms with E-state index in [9.17, 15) is 14.9 Å². The van der Waals surface area contributed by atoms with Crippen molar-refractivity contribution in [3.05, 3.63) is 51.8 Å².